The molecule has 2 N–H and O–H groups in total. The van der Waals surface area contributed by atoms with E-state index in [1.165, 1.54) is 11.1 Å². The van der Waals surface area contributed by atoms with Crippen LogP contribution < -0.4 is 5.32 Å². The normalized spacial score (nSPS) is 20.0. The zero-order chi connectivity index (χ0) is 24.9. The smallest absolute Gasteiger partial charge is 0.407 e. The van der Waals surface area contributed by atoms with Gasteiger partial charge in [-0.2, -0.15) is 0 Å². The van der Waals surface area contributed by atoms with Gasteiger partial charge in [-0.25, -0.2) is 4.79 Å². The summed E-state index contributed by atoms with van der Waals surface area (Å²) in [5, 5.41) is 12.3. The molecule has 4 rings (SSSR count). The van der Waals surface area contributed by atoms with Gasteiger partial charge in [0.15, 0.2) is 0 Å². The topological polar surface area (TPSA) is 95.9 Å². The molecule has 3 atom stereocenters. The first-order valence-corrected chi connectivity index (χ1v) is 12.5. The molecule has 7 heteroatoms. The average molecular weight is 479 g/mol. The molecule has 3 unspecified atom stereocenters. The number of amides is 2. The highest BCUT2D eigenvalue weighted by molar-refractivity contribution is 5.80. The van der Waals surface area contributed by atoms with Gasteiger partial charge < -0.3 is 20.1 Å². The quantitative estimate of drug-likeness (QED) is 0.568. The molecule has 0 aromatic heterocycles. The maximum Gasteiger partial charge on any atom is 0.407 e. The number of aliphatic carboxylic acids is 1. The minimum absolute atomic E-state index is 0.00225. The lowest BCUT2D eigenvalue weighted by Crippen LogP contribution is -2.49. The Kier molecular flexibility index (Phi) is 7.73. The zero-order valence-electron chi connectivity index (χ0n) is 20.4. The number of fused-ring (bicyclic) bond motifs is 3. The van der Waals surface area contributed by atoms with Crippen molar-refractivity contribution >= 4 is 18.0 Å². The summed E-state index contributed by atoms with van der Waals surface area (Å²) in [5.41, 5.74) is 4.68. The lowest BCUT2D eigenvalue weighted by atomic mass is 9.90. The molecule has 0 radical (unpaired) electrons. The van der Waals surface area contributed by atoms with Gasteiger partial charge in [-0.3, -0.25) is 9.59 Å². The summed E-state index contributed by atoms with van der Waals surface area (Å²) >= 11 is 0. The molecule has 1 fully saturated rings. The number of ether oxygens (including phenoxy) is 1. The number of hydrogen-bond donors (Lipinski definition) is 2. The maximum absolute atomic E-state index is 12.8. The highest BCUT2D eigenvalue weighted by Crippen LogP contribution is 2.44. The number of piperidine rings is 1. The fourth-order valence-corrected chi connectivity index (χ4v) is 5.45. The first kappa shape index (κ1) is 24.8. The molecule has 2 aromatic carbocycles. The molecule has 0 bridgehead atoms. The van der Waals surface area contributed by atoms with Gasteiger partial charge in [-0.05, 0) is 54.9 Å². The standard InChI is InChI=1S/C28H34N2O5/c1-3-19(14-15-26(31)30-16-8-13-20(18(30)2)27(32)33)29-28(34)35-17-25-23-11-6-4-9-21(23)22-10-5-7-12-24(22)25/h4-7,9-12,18-20,25H,3,8,13-17H2,1-2H3,(H,29,34)(H,32,33). The van der Waals surface area contributed by atoms with E-state index >= 15 is 0 Å². The van der Waals surface area contributed by atoms with E-state index in [9.17, 15) is 19.5 Å². The van der Waals surface area contributed by atoms with Gasteiger partial charge in [0.2, 0.25) is 5.91 Å². The first-order valence-electron chi connectivity index (χ1n) is 12.5. The minimum Gasteiger partial charge on any atom is -0.481 e. The summed E-state index contributed by atoms with van der Waals surface area (Å²) < 4.78 is 5.64. The van der Waals surface area contributed by atoms with E-state index in [1.54, 1.807) is 4.90 Å². The molecule has 7 nitrogen and oxygen atoms in total. The Balaban J connectivity index is 1.29. The summed E-state index contributed by atoms with van der Waals surface area (Å²) in [6, 6.07) is 15.9. The summed E-state index contributed by atoms with van der Waals surface area (Å²) in [5.74, 6) is -1.43. The van der Waals surface area contributed by atoms with Crippen LogP contribution in [0.15, 0.2) is 48.5 Å². The van der Waals surface area contributed by atoms with Gasteiger partial charge in [0.1, 0.15) is 6.61 Å². The molecule has 1 aliphatic heterocycles. The molecular formula is C28H34N2O5. The molecule has 0 saturated carbocycles. The van der Waals surface area contributed by atoms with E-state index in [2.05, 4.69) is 29.6 Å². The Labute approximate surface area is 206 Å². The molecule has 1 aliphatic carbocycles. The lowest BCUT2D eigenvalue weighted by molar-refractivity contribution is -0.149. The number of carboxylic acid groups (broad SMARTS) is 1. The third-order valence-corrected chi connectivity index (χ3v) is 7.49. The van der Waals surface area contributed by atoms with Crippen LogP contribution >= 0.6 is 0 Å². The minimum atomic E-state index is -0.849. The Morgan fingerprint density at radius 3 is 2.31 bits per heavy atom. The van der Waals surface area contributed by atoms with Crippen molar-refractivity contribution in [2.75, 3.05) is 13.2 Å². The second-order valence-electron chi connectivity index (χ2n) is 9.53. The van der Waals surface area contributed by atoms with E-state index in [4.69, 9.17) is 4.74 Å². The second-order valence-corrected chi connectivity index (χ2v) is 9.53. The van der Waals surface area contributed by atoms with E-state index in [0.29, 0.717) is 32.2 Å². The number of rotatable bonds is 8. The molecule has 2 aliphatic rings. The maximum atomic E-state index is 12.8. The van der Waals surface area contributed by atoms with Gasteiger partial charge >= 0.3 is 12.1 Å². The summed E-state index contributed by atoms with van der Waals surface area (Å²) in [4.78, 5) is 38.6. The number of carboxylic acids is 1. The first-order chi connectivity index (χ1) is 16.9. The van der Waals surface area contributed by atoms with E-state index in [0.717, 1.165) is 11.1 Å². The van der Waals surface area contributed by atoms with Crippen molar-refractivity contribution in [2.45, 2.75) is 64.0 Å². The Morgan fingerprint density at radius 1 is 1.09 bits per heavy atom. The number of benzene rings is 2. The summed E-state index contributed by atoms with van der Waals surface area (Å²) in [6.45, 7) is 4.60. The Hall–Kier alpha value is -3.35. The van der Waals surface area contributed by atoms with Crippen LogP contribution in [0.5, 0.6) is 0 Å². The van der Waals surface area contributed by atoms with Crippen LogP contribution in [-0.2, 0) is 14.3 Å². The van der Waals surface area contributed by atoms with Gasteiger partial charge in [-0.1, -0.05) is 55.5 Å². The van der Waals surface area contributed by atoms with Crippen molar-refractivity contribution in [2.24, 2.45) is 5.92 Å². The van der Waals surface area contributed by atoms with Crippen molar-refractivity contribution in [3.05, 3.63) is 59.7 Å². The molecule has 1 heterocycles. The molecule has 2 amide bonds. The largest absolute Gasteiger partial charge is 0.481 e. The number of carbonyl (C=O) groups excluding carboxylic acids is 2. The monoisotopic (exact) mass is 478 g/mol. The number of likely N-dealkylation sites (tertiary alicyclic amines) is 1. The number of nitrogens with one attached hydrogen (secondary N) is 1. The van der Waals surface area contributed by atoms with Gasteiger partial charge in [0.05, 0.1) is 5.92 Å². The van der Waals surface area contributed by atoms with Gasteiger partial charge in [0.25, 0.3) is 0 Å². The molecule has 0 spiro atoms. The van der Waals surface area contributed by atoms with Gasteiger partial charge in [0, 0.05) is 31.0 Å². The van der Waals surface area contributed by atoms with E-state index in [1.807, 2.05) is 38.1 Å². The summed E-state index contributed by atoms with van der Waals surface area (Å²) in [7, 11) is 0. The molecular weight excluding hydrogens is 444 g/mol. The van der Waals surface area contributed by atoms with Crippen LogP contribution in [0, 0.1) is 5.92 Å². The third kappa shape index (κ3) is 5.34. The van der Waals surface area contributed by atoms with E-state index < -0.39 is 18.0 Å². The zero-order valence-corrected chi connectivity index (χ0v) is 20.4. The van der Waals surface area contributed by atoms with Crippen molar-refractivity contribution < 1.29 is 24.2 Å². The van der Waals surface area contributed by atoms with Crippen molar-refractivity contribution in [3.63, 3.8) is 0 Å². The predicted molar refractivity (Wildman–Crippen MR) is 133 cm³/mol. The van der Waals surface area contributed by atoms with Crippen LogP contribution in [0.3, 0.4) is 0 Å². The van der Waals surface area contributed by atoms with Crippen molar-refractivity contribution in [3.8, 4) is 11.1 Å². The van der Waals surface area contributed by atoms with Crippen LogP contribution in [0.4, 0.5) is 4.79 Å². The molecule has 1 saturated heterocycles. The molecule has 2 aromatic rings. The Bertz CT molecular complexity index is 1040. The Morgan fingerprint density at radius 2 is 1.71 bits per heavy atom. The van der Waals surface area contributed by atoms with Crippen molar-refractivity contribution in [1.29, 1.82) is 0 Å². The number of nitrogens with zero attached hydrogens (tertiary/aromatic N) is 1. The fraction of sp³-hybridized carbons (Fsp3) is 0.464. The second kappa shape index (κ2) is 10.9. The highest BCUT2D eigenvalue weighted by Gasteiger charge is 2.35. The van der Waals surface area contributed by atoms with Gasteiger partial charge in [-0.15, -0.1) is 0 Å². The number of alkyl carbamates (subject to hydrolysis) is 1. The van der Waals surface area contributed by atoms with Crippen molar-refractivity contribution in [1.82, 2.24) is 10.2 Å². The van der Waals surface area contributed by atoms with Crippen LogP contribution in [0.25, 0.3) is 11.1 Å². The third-order valence-electron chi connectivity index (χ3n) is 7.49. The van der Waals surface area contributed by atoms with Crippen LogP contribution in [-0.4, -0.2) is 53.2 Å². The SMILES string of the molecule is CCC(CCC(=O)N1CCCC(C(=O)O)C1C)NC(=O)OCC1c2ccccc2-c2ccccc21. The van der Waals surface area contributed by atoms with E-state index in [-0.39, 0.29) is 36.9 Å². The number of hydrogen-bond acceptors (Lipinski definition) is 4. The lowest BCUT2D eigenvalue weighted by Gasteiger charge is -2.37. The summed E-state index contributed by atoms with van der Waals surface area (Å²) in [6.07, 6.45) is 2.23. The van der Waals surface area contributed by atoms with Crippen LogP contribution in [0.2, 0.25) is 0 Å². The highest BCUT2D eigenvalue weighted by atomic mass is 16.5. The number of carbonyl (C=O) groups is 3. The van der Waals surface area contributed by atoms with Crippen LogP contribution in [0.1, 0.15) is 63.0 Å². The fourth-order valence-electron chi connectivity index (χ4n) is 5.45. The predicted octanol–water partition coefficient (Wildman–Crippen LogP) is 4.80. The molecule has 35 heavy (non-hydrogen) atoms. The molecule has 186 valence electrons. The average Bonchev–Trinajstić information content (AvgIpc) is 3.18.